The molecule has 1 heteroatoms. The molecule has 1 aromatic carbocycles. The van der Waals surface area contributed by atoms with Crippen LogP contribution in [0.1, 0.15) is 45.1 Å². The standard InChI is InChI=1S/C16H25N/c1-14(2)13-16(10-6-12-17-16)11-9-15-7-4-3-5-8-15/h3-5,7-8,14,17H,6,9-13H2,1-2H3. The summed E-state index contributed by atoms with van der Waals surface area (Å²) in [6.07, 6.45) is 6.52. The van der Waals surface area contributed by atoms with Crippen LogP contribution in [0.15, 0.2) is 30.3 Å². The van der Waals surface area contributed by atoms with Crippen molar-refractivity contribution in [1.29, 1.82) is 0 Å². The van der Waals surface area contributed by atoms with Gasteiger partial charge in [-0.3, -0.25) is 0 Å². The lowest BCUT2D eigenvalue weighted by Gasteiger charge is -2.31. The van der Waals surface area contributed by atoms with Crippen LogP contribution in [-0.4, -0.2) is 12.1 Å². The molecule has 0 aliphatic carbocycles. The Kier molecular flexibility index (Phi) is 4.22. The maximum atomic E-state index is 3.77. The van der Waals surface area contributed by atoms with E-state index in [9.17, 15) is 0 Å². The van der Waals surface area contributed by atoms with Crippen LogP contribution in [0.25, 0.3) is 0 Å². The van der Waals surface area contributed by atoms with Gasteiger partial charge in [-0.15, -0.1) is 0 Å². The highest BCUT2D eigenvalue weighted by Crippen LogP contribution is 2.31. The largest absolute Gasteiger partial charge is 0.311 e. The van der Waals surface area contributed by atoms with Gasteiger partial charge in [-0.25, -0.2) is 0 Å². The van der Waals surface area contributed by atoms with Gasteiger partial charge in [0.25, 0.3) is 0 Å². The van der Waals surface area contributed by atoms with Crippen molar-refractivity contribution in [3.8, 4) is 0 Å². The molecule has 1 N–H and O–H groups in total. The molecular weight excluding hydrogens is 206 g/mol. The molecule has 0 saturated carbocycles. The first-order valence-electron chi connectivity index (χ1n) is 6.99. The zero-order valence-corrected chi connectivity index (χ0v) is 11.2. The molecule has 1 aliphatic heterocycles. The molecular formula is C16H25N. The average molecular weight is 231 g/mol. The Balaban J connectivity index is 1.94. The zero-order chi connectivity index (χ0) is 12.1. The number of aryl methyl sites for hydroxylation is 1. The Bertz CT molecular complexity index is 323. The first-order chi connectivity index (χ1) is 8.20. The molecule has 1 aliphatic rings. The first kappa shape index (κ1) is 12.6. The van der Waals surface area contributed by atoms with Crippen molar-refractivity contribution < 1.29 is 0 Å². The smallest absolute Gasteiger partial charge is 0.0187 e. The predicted molar refractivity (Wildman–Crippen MR) is 74.2 cm³/mol. The minimum Gasteiger partial charge on any atom is -0.311 e. The van der Waals surface area contributed by atoms with Crippen molar-refractivity contribution in [3.05, 3.63) is 35.9 Å². The maximum Gasteiger partial charge on any atom is 0.0187 e. The normalized spacial score (nSPS) is 24.4. The fourth-order valence-corrected chi connectivity index (χ4v) is 3.17. The predicted octanol–water partition coefficient (Wildman–Crippen LogP) is 3.79. The summed E-state index contributed by atoms with van der Waals surface area (Å²) in [6, 6.07) is 10.9. The Labute approximate surface area is 106 Å². The van der Waals surface area contributed by atoms with Crippen molar-refractivity contribution in [3.63, 3.8) is 0 Å². The molecule has 0 aromatic heterocycles. The van der Waals surface area contributed by atoms with E-state index < -0.39 is 0 Å². The van der Waals surface area contributed by atoms with Gasteiger partial charge in [0, 0.05) is 5.54 Å². The van der Waals surface area contributed by atoms with Gasteiger partial charge in [-0.05, 0) is 50.1 Å². The molecule has 0 radical (unpaired) electrons. The number of benzene rings is 1. The molecule has 17 heavy (non-hydrogen) atoms. The topological polar surface area (TPSA) is 12.0 Å². The molecule has 94 valence electrons. The van der Waals surface area contributed by atoms with Crippen molar-refractivity contribution >= 4 is 0 Å². The Hall–Kier alpha value is -0.820. The van der Waals surface area contributed by atoms with E-state index in [0.29, 0.717) is 5.54 Å². The molecule has 1 unspecified atom stereocenters. The second-order valence-corrected chi connectivity index (χ2v) is 5.89. The van der Waals surface area contributed by atoms with Gasteiger partial charge >= 0.3 is 0 Å². The summed E-state index contributed by atoms with van der Waals surface area (Å²) in [7, 11) is 0. The van der Waals surface area contributed by atoms with E-state index in [2.05, 4.69) is 49.5 Å². The second-order valence-electron chi connectivity index (χ2n) is 5.89. The van der Waals surface area contributed by atoms with Crippen molar-refractivity contribution in [2.75, 3.05) is 6.54 Å². The fourth-order valence-electron chi connectivity index (χ4n) is 3.17. The van der Waals surface area contributed by atoms with Crippen LogP contribution in [0, 0.1) is 5.92 Å². The molecule has 1 atom stereocenters. The quantitative estimate of drug-likeness (QED) is 0.813. The summed E-state index contributed by atoms with van der Waals surface area (Å²) in [5.74, 6) is 0.788. The Morgan fingerprint density at radius 3 is 2.59 bits per heavy atom. The fraction of sp³-hybridized carbons (Fsp3) is 0.625. The van der Waals surface area contributed by atoms with Gasteiger partial charge < -0.3 is 5.32 Å². The van der Waals surface area contributed by atoms with E-state index in [-0.39, 0.29) is 0 Å². The SMILES string of the molecule is CC(C)CC1(CCc2ccccc2)CCCN1. The van der Waals surface area contributed by atoms with Crippen LogP contribution in [0.5, 0.6) is 0 Å². The van der Waals surface area contributed by atoms with Gasteiger partial charge in [-0.1, -0.05) is 44.2 Å². The molecule has 0 bridgehead atoms. The highest BCUT2D eigenvalue weighted by molar-refractivity contribution is 5.15. The van der Waals surface area contributed by atoms with E-state index >= 15 is 0 Å². The lowest BCUT2D eigenvalue weighted by atomic mass is 9.82. The first-order valence-corrected chi connectivity index (χ1v) is 6.99. The van der Waals surface area contributed by atoms with E-state index in [1.807, 2.05) is 0 Å². The summed E-state index contributed by atoms with van der Waals surface area (Å²) in [5.41, 5.74) is 1.90. The van der Waals surface area contributed by atoms with Crippen LogP contribution in [0.2, 0.25) is 0 Å². The van der Waals surface area contributed by atoms with Crippen LogP contribution in [0.4, 0.5) is 0 Å². The number of nitrogens with one attached hydrogen (secondary N) is 1. The summed E-state index contributed by atoms with van der Waals surface area (Å²) in [6.45, 7) is 5.88. The highest BCUT2D eigenvalue weighted by Gasteiger charge is 2.33. The second kappa shape index (κ2) is 5.68. The molecule has 1 heterocycles. The molecule has 1 fully saturated rings. The van der Waals surface area contributed by atoms with E-state index in [4.69, 9.17) is 0 Å². The third kappa shape index (κ3) is 3.57. The number of rotatable bonds is 5. The molecule has 0 amide bonds. The third-order valence-electron chi connectivity index (χ3n) is 3.87. The van der Waals surface area contributed by atoms with Gasteiger partial charge in [0.15, 0.2) is 0 Å². The summed E-state index contributed by atoms with van der Waals surface area (Å²) in [5, 5.41) is 3.77. The summed E-state index contributed by atoms with van der Waals surface area (Å²) < 4.78 is 0. The lowest BCUT2D eigenvalue weighted by Crippen LogP contribution is -2.41. The maximum absolute atomic E-state index is 3.77. The van der Waals surface area contributed by atoms with E-state index in [0.717, 1.165) is 5.92 Å². The highest BCUT2D eigenvalue weighted by atomic mass is 15.0. The van der Waals surface area contributed by atoms with Gasteiger partial charge in [-0.2, -0.15) is 0 Å². The minimum atomic E-state index is 0.421. The molecule has 1 aromatic rings. The summed E-state index contributed by atoms with van der Waals surface area (Å²) in [4.78, 5) is 0. The monoisotopic (exact) mass is 231 g/mol. The van der Waals surface area contributed by atoms with Gasteiger partial charge in [0.2, 0.25) is 0 Å². The van der Waals surface area contributed by atoms with Crippen molar-refractivity contribution in [2.45, 2.75) is 51.5 Å². The molecule has 2 rings (SSSR count). The van der Waals surface area contributed by atoms with Gasteiger partial charge in [0.05, 0.1) is 0 Å². The minimum absolute atomic E-state index is 0.421. The van der Waals surface area contributed by atoms with Crippen molar-refractivity contribution in [2.24, 2.45) is 5.92 Å². The van der Waals surface area contributed by atoms with Crippen LogP contribution >= 0.6 is 0 Å². The van der Waals surface area contributed by atoms with Gasteiger partial charge in [0.1, 0.15) is 0 Å². The number of hydrogen-bond acceptors (Lipinski definition) is 1. The van der Waals surface area contributed by atoms with E-state index in [1.165, 1.54) is 44.2 Å². The van der Waals surface area contributed by atoms with Crippen LogP contribution in [0.3, 0.4) is 0 Å². The lowest BCUT2D eigenvalue weighted by molar-refractivity contribution is 0.284. The molecule has 0 spiro atoms. The van der Waals surface area contributed by atoms with Crippen LogP contribution < -0.4 is 5.32 Å². The molecule has 1 nitrogen and oxygen atoms in total. The average Bonchev–Trinajstić information content (AvgIpc) is 2.76. The Morgan fingerprint density at radius 2 is 2.00 bits per heavy atom. The summed E-state index contributed by atoms with van der Waals surface area (Å²) >= 11 is 0. The molecule has 1 saturated heterocycles. The van der Waals surface area contributed by atoms with Crippen molar-refractivity contribution in [1.82, 2.24) is 5.32 Å². The third-order valence-corrected chi connectivity index (χ3v) is 3.87. The van der Waals surface area contributed by atoms with Crippen LogP contribution in [-0.2, 0) is 6.42 Å². The van der Waals surface area contributed by atoms with E-state index in [1.54, 1.807) is 0 Å². The zero-order valence-electron chi connectivity index (χ0n) is 11.2. The Morgan fingerprint density at radius 1 is 1.24 bits per heavy atom. The number of hydrogen-bond donors (Lipinski definition) is 1.